The van der Waals surface area contributed by atoms with Crippen molar-refractivity contribution < 1.29 is 9.59 Å². The first-order chi connectivity index (χ1) is 12.4. The van der Waals surface area contributed by atoms with Crippen molar-refractivity contribution in [2.24, 2.45) is 0 Å². The average Bonchev–Trinajstić information content (AvgIpc) is 2.65. The molecule has 2 aromatic carbocycles. The van der Waals surface area contributed by atoms with Gasteiger partial charge in [-0.15, -0.1) is 0 Å². The number of benzene rings is 2. The Hall–Kier alpha value is -2.84. The minimum absolute atomic E-state index is 0.0156. The van der Waals surface area contributed by atoms with Crippen LogP contribution in [0.3, 0.4) is 0 Å². The van der Waals surface area contributed by atoms with E-state index in [0.717, 1.165) is 11.3 Å². The van der Waals surface area contributed by atoms with E-state index < -0.39 is 0 Å². The van der Waals surface area contributed by atoms with Gasteiger partial charge in [-0.05, 0) is 61.9 Å². The normalized spacial score (nSPS) is 17.2. The highest BCUT2D eigenvalue weighted by Crippen LogP contribution is 2.23. The zero-order valence-corrected chi connectivity index (χ0v) is 15.3. The molecule has 0 spiro atoms. The standard InChI is InChI=1S/C20H18ClN3O2/c1-13-9-16(5-8-18(13)21)20(26)23-12-19(25)24(11-14(23)2)17-6-3-15(10-22)4-7-17/h3-9,14H,11-12H2,1-2H3/t14-/m0/s1. The monoisotopic (exact) mass is 367 g/mol. The van der Waals surface area contributed by atoms with E-state index in [-0.39, 0.29) is 24.4 Å². The molecule has 1 aliphatic rings. The topological polar surface area (TPSA) is 64.4 Å². The van der Waals surface area contributed by atoms with Gasteiger partial charge in [-0.1, -0.05) is 11.6 Å². The molecule has 5 nitrogen and oxygen atoms in total. The number of carbonyl (C=O) groups excluding carboxylic acids is 2. The van der Waals surface area contributed by atoms with E-state index in [4.69, 9.17) is 16.9 Å². The maximum atomic E-state index is 12.8. The average molecular weight is 368 g/mol. The lowest BCUT2D eigenvalue weighted by molar-refractivity contribution is -0.121. The number of carbonyl (C=O) groups is 2. The van der Waals surface area contributed by atoms with Crippen molar-refractivity contribution in [2.45, 2.75) is 19.9 Å². The summed E-state index contributed by atoms with van der Waals surface area (Å²) in [4.78, 5) is 28.7. The number of aryl methyl sites for hydroxylation is 1. The van der Waals surface area contributed by atoms with Crippen LogP contribution in [0.15, 0.2) is 42.5 Å². The van der Waals surface area contributed by atoms with Gasteiger partial charge in [-0.25, -0.2) is 0 Å². The van der Waals surface area contributed by atoms with Crippen molar-refractivity contribution in [1.29, 1.82) is 5.26 Å². The molecule has 0 N–H and O–H groups in total. The van der Waals surface area contributed by atoms with E-state index in [9.17, 15) is 9.59 Å². The van der Waals surface area contributed by atoms with E-state index in [1.54, 1.807) is 52.3 Å². The van der Waals surface area contributed by atoms with Crippen molar-refractivity contribution in [2.75, 3.05) is 18.0 Å². The predicted octanol–water partition coefficient (Wildman–Crippen LogP) is 3.40. The molecule has 2 aromatic rings. The van der Waals surface area contributed by atoms with Gasteiger partial charge < -0.3 is 9.80 Å². The summed E-state index contributed by atoms with van der Waals surface area (Å²) < 4.78 is 0. The second-order valence-electron chi connectivity index (χ2n) is 6.41. The van der Waals surface area contributed by atoms with Gasteiger partial charge in [-0.3, -0.25) is 9.59 Å². The van der Waals surface area contributed by atoms with Crippen LogP contribution in [0.25, 0.3) is 0 Å². The Bertz CT molecular complexity index is 902. The van der Waals surface area contributed by atoms with Crippen molar-refractivity contribution in [3.8, 4) is 6.07 Å². The number of rotatable bonds is 2. The van der Waals surface area contributed by atoms with Crippen LogP contribution in [0.2, 0.25) is 5.02 Å². The van der Waals surface area contributed by atoms with Gasteiger partial charge in [0, 0.05) is 28.9 Å². The molecule has 3 rings (SSSR count). The summed E-state index contributed by atoms with van der Waals surface area (Å²) >= 11 is 6.03. The minimum atomic E-state index is -0.176. The Labute approximate surface area is 157 Å². The Kier molecular flexibility index (Phi) is 4.97. The predicted molar refractivity (Wildman–Crippen MR) is 100 cm³/mol. The van der Waals surface area contributed by atoms with Gasteiger partial charge in [-0.2, -0.15) is 5.26 Å². The first kappa shape index (κ1) is 18.0. The number of anilines is 1. The Balaban J connectivity index is 1.79. The molecule has 1 heterocycles. The maximum absolute atomic E-state index is 12.8. The first-order valence-electron chi connectivity index (χ1n) is 8.28. The summed E-state index contributed by atoms with van der Waals surface area (Å²) in [6.45, 7) is 4.19. The van der Waals surface area contributed by atoms with E-state index in [1.165, 1.54) is 0 Å². The zero-order valence-electron chi connectivity index (χ0n) is 14.6. The second-order valence-corrected chi connectivity index (χ2v) is 6.82. The van der Waals surface area contributed by atoms with Gasteiger partial charge in [0.15, 0.2) is 0 Å². The zero-order chi connectivity index (χ0) is 18.8. The van der Waals surface area contributed by atoms with Crippen molar-refractivity contribution in [3.05, 3.63) is 64.2 Å². The third kappa shape index (κ3) is 3.42. The number of hydrogen-bond acceptors (Lipinski definition) is 3. The lowest BCUT2D eigenvalue weighted by atomic mass is 10.1. The van der Waals surface area contributed by atoms with E-state index in [2.05, 4.69) is 6.07 Å². The minimum Gasteiger partial charge on any atom is -0.325 e. The van der Waals surface area contributed by atoms with Crippen molar-refractivity contribution in [3.63, 3.8) is 0 Å². The highest BCUT2D eigenvalue weighted by molar-refractivity contribution is 6.31. The largest absolute Gasteiger partial charge is 0.325 e. The Morgan fingerprint density at radius 1 is 1.23 bits per heavy atom. The van der Waals surface area contributed by atoms with Gasteiger partial charge in [0.2, 0.25) is 5.91 Å². The molecule has 2 amide bonds. The molecule has 1 fully saturated rings. The molecule has 0 aliphatic carbocycles. The fourth-order valence-electron chi connectivity index (χ4n) is 3.03. The molecule has 1 aliphatic heterocycles. The lowest BCUT2D eigenvalue weighted by Gasteiger charge is -2.39. The number of nitrogens with zero attached hydrogens (tertiary/aromatic N) is 3. The van der Waals surface area contributed by atoms with Crippen LogP contribution in [0.1, 0.15) is 28.4 Å². The fraction of sp³-hybridized carbons (Fsp3) is 0.250. The van der Waals surface area contributed by atoms with Crippen LogP contribution in [0, 0.1) is 18.3 Å². The Morgan fingerprint density at radius 2 is 1.92 bits per heavy atom. The summed E-state index contributed by atoms with van der Waals surface area (Å²) in [5.41, 5.74) is 2.63. The lowest BCUT2D eigenvalue weighted by Crippen LogP contribution is -2.57. The Morgan fingerprint density at radius 3 is 2.54 bits per heavy atom. The molecule has 6 heteroatoms. The summed E-state index contributed by atoms with van der Waals surface area (Å²) in [5, 5.41) is 9.50. The van der Waals surface area contributed by atoms with E-state index >= 15 is 0 Å². The summed E-state index contributed by atoms with van der Waals surface area (Å²) in [5.74, 6) is -0.322. The molecular formula is C20H18ClN3O2. The van der Waals surface area contributed by atoms with E-state index in [1.807, 2.05) is 13.8 Å². The number of nitriles is 1. The van der Waals surface area contributed by atoms with Gasteiger partial charge >= 0.3 is 0 Å². The van der Waals surface area contributed by atoms with E-state index in [0.29, 0.717) is 22.7 Å². The van der Waals surface area contributed by atoms with Crippen molar-refractivity contribution >= 4 is 29.1 Å². The summed E-state index contributed by atoms with van der Waals surface area (Å²) in [6.07, 6.45) is 0. The number of halogens is 1. The fourth-order valence-corrected chi connectivity index (χ4v) is 3.15. The molecule has 0 bridgehead atoms. The first-order valence-corrected chi connectivity index (χ1v) is 8.66. The van der Waals surface area contributed by atoms with Crippen LogP contribution in [0.4, 0.5) is 5.69 Å². The SMILES string of the molecule is Cc1cc(C(=O)N2CC(=O)N(c3ccc(C#N)cc3)C[C@@H]2C)ccc1Cl. The van der Waals surface area contributed by atoms with Crippen LogP contribution < -0.4 is 4.90 Å². The number of hydrogen-bond donors (Lipinski definition) is 0. The van der Waals surface area contributed by atoms with Crippen molar-refractivity contribution in [1.82, 2.24) is 4.90 Å². The number of amides is 2. The van der Waals surface area contributed by atoms with Gasteiger partial charge in [0.25, 0.3) is 5.91 Å². The van der Waals surface area contributed by atoms with Crippen LogP contribution in [-0.4, -0.2) is 35.8 Å². The van der Waals surface area contributed by atoms with Crippen LogP contribution >= 0.6 is 11.6 Å². The van der Waals surface area contributed by atoms with Gasteiger partial charge in [0.05, 0.1) is 11.6 Å². The molecule has 26 heavy (non-hydrogen) atoms. The molecule has 1 saturated heterocycles. The quantitative estimate of drug-likeness (QED) is 0.817. The molecule has 0 unspecified atom stereocenters. The van der Waals surface area contributed by atoms with Gasteiger partial charge in [0.1, 0.15) is 6.54 Å². The molecule has 0 aromatic heterocycles. The smallest absolute Gasteiger partial charge is 0.254 e. The third-order valence-electron chi connectivity index (χ3n) is 4.56. The van der Waals surface area contributed by atoms with Crippen LogP contribution in [-0.2, 0) is 4.79 Å². The molecule has 0 radical (unpaired) electrons. The van der Waals surface area contributed by atoms with Crippen LogP contribution in [0.5, 0.6) is 0 Å². The molecular weight excluding hydrogens is 350 g/mol. The molecule has 1 atom stereocenters. The number of piperazine rings is 1. The summed E-state index contributed by atoms with van der Waals surface area (Å²) in [6, 6.07) is 13.9. The third-order valence-corrected chi connectivity index (χ3v) is 4.98. The highest BCUT2D eigenvalue weighted by atomic mass is 35.5. The summed E-state index contributed by atoms with van der Waals surface area (Å²) in [7, 11) is 0. The highest BCUT2D eigenvalue weighted by Gasteiger charge is 2.33. The second kappa shape index (κ2) is 7.19. The maximum Gasteiger partial charge on any atom is 0.254 e. The molecule has 132 valence electrons. The molecule has 0 saturated carbocycles.